The molecule has 0 saturated heterocycles. The van der Waals surface area contributed by atoms with Crippen LogP contribution in [0.15, 0.2) is 60.3 Å². The highest BCUT2D eigenvalue weighted by atomic mass is 127. The van der Waals surface area contributed by atoms with Crippen LogP contribution in [0.4, 0.5) is 0 Å². The first-order valence-corrected chi connectivity index (χ1v) is 8.19. The van der Waals surface area contributed by atoms with Crippen LogP contribution in [0.5, 0.6) is 0 Å². The molecule has 2 rings (SSSR count). The summed E-state index contributed by atoms with van der Waals surface area (Å²) in [5, 5.41) is 2.63. The second kappa shape index (κ2) is 8.47. The zero-order valence-corrected chi connectivity index (χ0v) is 14.7. The Morgan fingerprint density at radius 1 is 1.09 bits per heavy atom. The molecule has 1 N–H and O–H groups in total. The topological polar surface area (TPSA) is 55.4 Å². The van der Waals surface area contributed by atoms with Gasteiger partial charge in [0.25, 0.3) is 5.91 Å². The van der Waals surface area contributed by atoms with E-state index in [1.54, 1.807) is 25.1 Å². The number of halogens is 1. The average molecular weight is 421 g/mol. The molecule has 4 nitrogen and oxygen atoms in total. The Morgan fingerprint density at radius 2 is 1.74 bits per heavy atom. The van der Waals surface area contributed by atoms with E-state index in [1.165, 1.54) is 0 Å². The SMILES string of the molecule is CCOC(=O)/C(=C\c1ccccc1)NC(=O)c1ccc(I)cc1. The summed E-state index contributed by atoms with van der Waals surface area (Å²) >= 11 is 2.16. The lowest BCUT2D eigenvalue weighted by atomic mass is 10.1. The number of hydrogen-bond acceptors (Lipinski definition) is 3. The van der Waals surface area contributed by atoms with Crippen molar-refractivity contribution >= 4 is 40.5 Å². The van der Waals surface area contributed by atoms with E-state index in [2.05, 4.69) is 27.9 Å². The summed E-state index contributed by atoms with van der Waals surface area (Å²) < 4.78 is 6.04. The normalized spacial score (nSPS) is 11.0. The van der Waals surface area contributed by atoms with Gasteiger partial charge in [0.2, 0.25) is 0 Å². The third-order valence-electron chi connectivity index (χ3n) is 2.96. The Bertz CT molecular complexity index is 709. The van der Waals surface area contributed by atoms with Gasteiger partial charge in [-0.2, -0.15) is 0 Å². The number of ether oxygens (including phenoxy) is 1. The molecule has 118 valence electrons. The summed E-state index contributed by atoms with van der Waals surface area (Å²) in [7, 11) is 0. The van der Waals surface area contributed by atoms with Gasteiger partial charge >= 0.3 is 5.97 Å². The second-order valence-corrected chi connectivity index (χ2v) is 5.90. The number of amides is 1. The molecule has 1 amide bonds. The minimum atomic E-state index is -0.560. The van der Waals surface area contributed by atoms with Gasteiger partial charge in [-0.15, -0.1) is 0 Å². The van der Waals surface area contributed by atoms with Gasteiger partial charge in [0, 0.05) is 9.13 Å². The number of carbonyl (C=O) groups excluding carboxylic acids is 2. The number of esters is 1. The molecule has 2 aromatic carbocycles. The first kappa shape index (κ1) is 17.2. The van der Waals surface area contributed by atoms with Crippen LogP contribution in [-0.4, -0.2) is 18.5 Å². The number of benzene rings is 2. The molecule has 0 saturated carbocycles. The van der Waals surface area contributed by atoms with Crippen LogP contribution in [-0.2, 0) is 9.53 Å². The molecular formula is C18H16INO3. The van der Waals surface area contributed by atoms with Crippen molar-refractivity contribution in [1.82, 2.24) is 5.32 Å². The Kier molecular flexibility index (Phi) is 6.34. The summed E-state index contributed by atoms with van der Waals surface area (Å²) in [5.41, 5.74) is 1.40. The molecule has 0 atom stereocenters. The monoisotopic (exact) mass is 421 g/mol. The highest BCUT2D eigenvalue weighted by molar-refractivity contribution is 14.1. The molecule has 0 radical (unpaired) electrons. The largest absolute Gasteiger partial charge is 0.461 e. The molecule has 0 fully saturated rings. The van der Waals surface area contributed by atoms with E-state index in [1.807, 2.05) is 42.5 Å². The Balaban J connectivity index is 2.24. The number of carbonyl (C=O) groups is 2. The first-order valence-electron chi connectivity index (χ1n) is 7.11. The van der Waals surface area contributed by atoms with Gasteiger partial charge < -0.3 is 10.1 Å². The van der Waals surface area contributed by atoms with Gasteiger partial charge in [-0.25, -0.2) is 4.79 Å². The lowest BCUT2D eigenvalue weighted by Crippen LogP contribution is -2.28. The number of rotatable bonds is 5. The van der Waals surface area contributed by atoms with E-state index in [0.29, 0.717) is 5.56 Å². The van der Waals surface area contributed by atoms with E-state index >= 15 is 0 Å². The van der Waals surface area contributed by atoms with Crippen LogP contribution in [0.25, 0.3) is 6.08 Å². The molecule has 0 spiro atoms. The number of nitrogens with one attached hydrogen (secondary N) is 1. The summed E-state index contributed by atoms with van der Waals surface area (Å²) in [6.07, 6.45) is 1.60. The molecule has 0 aliphatic heterocycles. The molecule has 0 bridgehead atoms. The van der Waals surface area contributed by atoms with Crippen molar-refractivity contribution in [2.24, 2.45) is 0 Å². The standard InChI is InChI=1S/C18H16INO3/c1-2-23-18(22)16(12-13-6-4-3-5-7-13)20-17(21)14-8-10-15(19)11-9-14/h3-12H,2H2,1H3,(H,20,21)/b16-12+. The molecule has 0 unspecified atom stereocenters. The van der Waals surface area contributed by atoms with Crippen molar-refractivity contribution in [2.45, 2.75) is 6.92 Å². The van der Waals surface area contributed by atoms with E-state index in [0.717, 1.165) is 9.13 Å². The van der Waals surface area contributed by atoms with E-state index in [-0.39, 0.29) is 18.2 Å². The molecule has 0 heterocycles. The summed E-state index contributed by atoms with van der Waals surface area (Å²) in [4.78, 5) is 24.4. The maximum Gasteiger partial charge on any atom is 0.354 e. The molecule has 2 aromatic rings. The third-order valence-corrected chi connectivity index (χ3v) is 3.68. The lowest BCUT2D eigenvalue weighted by Gasteiger charge is -2.09. The van der Waals surface area contributed by atoms with Crippen LogP contribution in [0.1, 0.15) is 22.8 Å². The summed E-state index contributed by atoms with van der Waals surface area (Å²) in [5.74, 6) is -0.910. The third kappa shape index (κ3) is 5.21. The van der Waals surface area contributed by atoms with Crippen molar-refractivity contribution in [3.8, 4) is 0 Å². The Labute approximate surface area is 148 Å². The molecule has 0 aliphatic carbocycles. The molecular weight excluding hydrogens is 405 g/mol. The fourth-order valence-electron chi connectivity index (χ4n) is 1.87. The van der Waals surface area contributed by atoms with Crippen molar-refractivity contribution < 1.29 is 14.3 Å². The molecule has 0 aliphatic rings. The predicted octanol–water partition coefficient (Wildman–Crippen LogP) is 3.63. The minimum Gasteiger partial charge on any atom is -0.461 e. The molecule has 5 heteroatoms. The van der Waals surface area contributed by atoms with Gasteiger partial charge in [-0.1, -0.05) is 30.3 Å². The van der Waals surface area contributed by atoms with Crippen molar-refractivity contribution in [3.05, 3.63) is 75.0 Å². The Hall–Kier alpha value is -2.15. The zero-order valence-electron chi connectivity index (χ0n) is 12.6. The highest BCUT2D eigenvalue weighted by Gasteiger charge is 2.15. The molecule has 0 aromatic heterocycles. The fourth-order valence-corrected chi connectivity index (χ4v) is 2.23. The van der Waals surface area contributed by atoms with Crippen molar-refractivity contribution in [3.63, 3.8) is 0 Å². The summed E-state index contributed by atoms with van der Waals surface area (Å²) in [6.45, 7) is 1.96. The van der Waals surface area contributed by atoms with Crippen LogP contribution in [0, 0.1) is 3.57 Å². The van der Waals surface area contributed by atoms with Gasteiger partial charge in [0.05, 0.1) is 6.61 Å². The maximum atomic E-state index is 12.3. The van der Waals surface area contributed by atoms with E-state index in [9.17, 15) is 9.59 Å². The van der Waals surface area contributed by atoms with Gasteiger partial charge in [-0.3, -0.25) is 4.79 Å². The average Bonchev–Trinajstić information content (AvgIpc) is 2.56. The first-order chi connectivity index (χ1) is 11.1. The quantitative estimate of drug-likeness (QED) is 0.456. The fraction of sp³-hybridized carbons (Fsp3) is 0.111. The van der Waals surface area contributed by atoms with Crippen molar-refractivity contribution in [1.29, 1.82) is 0 Å². The maximum absolute atomic E-state index is 12.3. The van der Waals surface area contributed by atoms with Crippen LogP contribution in [0.3, 0.4) is 0 Å². The summed E-state index contributed by atoms with van der Waals surface area (Å²) in [6, 6.07) is 16.4. The molecule has 23 heavy (non-hydrogen) atoms. The predicted molar refractivity (Wildman–Crippen MR) is 97.7 cm³/mol. The van der Waals surface area contributed by atoms with E-state index < -0.39 is 5.97 Å². The van der Waals surface area contributed by atoms with Crippen LogP contribution >= 0.6 is 22.6 Å². The lowest BCUT2D eigenvalue weighted by molar-refractivity contribution is -0.138. The van der Waals surface area contributed by atoms with Gasteiger partial charge in [0.1, 0.15) is 5.70 Å². The number of hydrogen-bond donors (Lipinski definition) is 1. The van der Waals surface area contributed by atoms with E-state index in [4.69, 9.17) is 4.74 Å². The Morgan fingerprint density at radius 3 is 2.35 bits per heavy atom. The van der Waals surface area contributed by atoms with Crippen molar-refractivity contribution in [2.75, 3.05) is 6.61 Å². The highest BCUT2D eigenvalue weighted by Crippen LogP contribution is 2.10. The second-order valence-electron chi connectivity index (χ2n) is 4.65. The smallest absolute Gasteiger partial charge is 0.354 e. The minimum absolute atomic E-state index is 0.113. The van der Waals surface area contributed by atoms with Crippen LogP contribution < -0.4 is 5.32 Å². The van der Waals surface area contributed by atoms with Gasteiger partial charge in [-0.05, 0) is 65.4 Å². The zero-order chi connectivity index (χ0) is 16.7. The van der Waals surface area contributed by atoms with Crippen LogP contribution in [0.2, 0.25) is 0 Å². The van der Waals surface area contributed by atoms with Gasteiger partial charge in [0.15, 0.2) is 0 Å².